The highest BCUT2D eigenvalue weighted by molar-refractivity contribution is 5.92. The van der Waals surface area contributed by atoms with Gasteiger partial charge in [-0.2, -0.15) is 0 Å². The summed E-state index contributed by atoms with van der Waals surface area (Å²) in [5.74, 6) is 0.955. The molecular formula is C19H26N6O. The number of nitrogens with one attached hydrogen (secondary N) is 1. The summed E-state index contributed by atoms with van der Waals surface area (Å²) >= 11 is 0. The van der Waals surface area contributed by atoms with Crippen LogP contribution in [0.4, 0.5) is 11.5 Å². The molecule has 1 N–H and O–H groups in total. The van der Waals surface area contributed by atoms with E-state index in [0.29, 0.717) is 18.8 Å². The molecule has 0 spiro atoms. The molecule has 3 heterocycles. The first-order valence-corrected chi connectivity index (χ1v) is 8.93. The fraction of sp³-hybridized carbons (Fsp3) is 0.421. The molecule has 2 aromatic rings. The second-order valence-corrected chi connectivity index (χ2v) is 6.63. The van der Waals surface area contributed by atoms with Gasteiger partial charge in [0, 0.05) is 45.5 Å². The summed E-state index contributed by atoms with van der Waals surface area (Å²) in [4.78, 5) is 27.6. The lowest BCUT2D eigenvalue weighted by molar-refractivity contribution is 0.0740. The first kappa shape index (κ1) is 18.1. The lowest BCUT2D eigenvalue weighted by atomic mass is 10.2. The molecule has 1 amide bonds. The molecule has 26 heavy (non-hydrogen) atoms. The Morgan fingerprint density at radius 2 is 1.92 bits per heavy atom. The molecule has 1 aliphatic rings. The van der Waals surface area contributed by atoms with Gasteiger partial charge in [-0.15, -0.1) is 0 Å². The van der Waals surface area contributed by atoms with E-state index in [0.717, 1.165) is 37.7 Å². The SMILES string of the molecule is CN(C)CCNc1ccc(C(=O)N2CCN(c3ccccn3)CC2)nc1. The van der Waals surface area contributed by atoms with Crippen molar-refractivity contribution in [2.75, 3.05) is 63.6 Å². The maximum absolute atomic E-state index is 12.7. The van der Waals surface area contributed by atoms with Gasteiger partial charge in [0.05, 0.1) is 11.9 Å². The zero-order valence-corrected chi connectivity index (χ0v) is 15.4. The number of hydrogen-bond donors (Lipinski definition) is 1. The molecule has 1 fully saturated rings. The molecule has 7 nitrogen and oxygen atoms in total. The van der Waals surface area contributed by atoms with Gasteiger partial charge in [-0.1, -0.05) is 6.07 Å². The van der Waals surface area contributed by atoms with Crippen molar-refractivity contribution in [2.45, 2.75) is 0 Å². The second-order valence-electron chi connectivity index (χ2n) is 6.63. The third-order valence-corrected chi connectivity index (χ3v) is 4.41. The molecule has 3 rings (SSSR count). The van der Waals surface area contributed by atoms with E-state index in [2.05, 4.69) is 25.1 Å². The minimum atomic E-state index is -0.00878. The molecule has 0 atom stereocenters. The Hall–Kier alpha value is -2.67. The first-order valence-electron chi connectivity index (χ1n) is 8.93. The van der Waals surface area contributed by atoms with Gasteiger partial charge < -0.3 is 20.0 Å². The van der Waals surface area contributed by atoms with Crippen LogP contribution < -0.4 is 10.2 Å². The van der Waals surface area contributed by atoms with Crippen molar-refractivity contribution in [3.05, 3.63) is 48.4 Å². The monoisotopic (exact) mass is 354 g/mol. The number of rotatable bonds is 6. The number of piperazine rings is 1. The maximum atomic E-state index is 12.7. The van der Waals surface area contributed by atoms with Crippen LogP contribution in [0.25, 0.3) is 0 Å². The van der Waals surface area contributed by atoms with Crippen molar-refractivity contribution in [3.63, 3.8) is 0 Å². The molecule has 0 saturated carbocycles. The molecule has 1 saturated heterocycles. The van der Waals surface area contributed by atoms with E-state index in [1.807, 2.05) is 43.3 Å². The lowest BCUT2D eigenvalue weighted by Gasteiger charge is -2.35. The Labute approximate surface area is 154 Å². The van der Waals surface area contributed by atoms with E-state index in [1.54, 1.807) is 18.5 Å². The maximum Gasteiger partial charge on any atom is 0.272 e. The molecule has 138 valence electrons. The van der Waals surface area contributed by atoms with Gasteiger partial charge in [0.15, 0.2) is 0 Å². The molecule has 2 aromatic heterocycles. The van der Waals surface area contributed by atoms with Crippen LogP contribution in [0.3, 0.4) is 0 Å². The smallest absolute Gasteiger partial charge is 0.272 e. The molecule has 1 aliphatic heterocycles. The van der Waals surface area contributed by atoms with Crippen LogP contribution >= 0.6 is 0 Å². The van der Waals surface area contributed by atoms with Crippen LogP contribution in [-0.4, -0.2) is 79.0 Å². The highest BCUT2D eigenvalue weighted by atomic mass is 16.2. The minimum Gasteiger partial charge on any atom is -0.383 e. The molecule has 0 radical (unpaired) electrons. The zero-order valence-electron chi connectivity index (χ0n) is 15.4. The average molecular weight is 354 g/mol. The van der Waals surface area contributed by atoms with Crippen molar-refractivity contribution in [1.29, 1.82) is 0 Å². The van der Waals surface area contributed by atoms with Crippen LogP contribution in [0.1, 0.15) is 10.5 Å². The highest BCUT2D eigenvalue weighted by Gasteiger charge is 2.23. The lowest BCUT2D eigenvalue weighted by Crippen LogP contribution is -2.49. The normalized spacial score (nSPS) is 14.6. The van der Waals surface area contributed by atoms with Crippen LogP contribution in [0.2, 0.25) is 0 Å². The van der Waals surface area contributed by atoms with Gasteiger partial charge in [0.2, 0.25) is 0 Å². The Bertz CT molecular complexity index is 696. The topological polar surface area (TPSA) is 64.6 Å². The number of aromatic nitrogens is 2. The summed E-state index contributed by atoms with van der Waals surface area (Å²) in [5.41, 5.74) is 1.43. The molecule has 0 aromatic carbocycles. The first-order chi connectivity index (χ1) is 12.6. The van der Waals surface area contributed by atoms with Crippen molar-refractivity contribution < 1.29 is 4.79 Å². The Kier molecular flexibility index (Phi) is 6.01. The van der Waals surface area contributed by atoms with E-state index in [4.69, 9.17) is 0 Å². The third-order valence-electron chi connectivity index (χ3n) is 4.41. The zero-order chi connectivity index (χ0) is 18.4. The Balaban J connectivity index is 1.52. The van der Waals surface area contributed by atoms with Gasteiger partial charge in [0.25, 0.3) is 5.91 Å². The highest BCUT2D eigenvalue weighted by Crippen LogP contribution is 2.14. The number of carbonyl (C=O) groups excluding carboxylic acids is 1. The van der Waals surface area contributed by atoms with Gasteiger partial charge in [-0.3, -0.25) is 4.79 Å². The summed E-state index contributed by atoms with van der Waals surface area (Å²) < 4.78 is 0. The number of carbonyl (C=O) groups is 1. The van der Waals surface area contributed by atoms with Crippen molar-refractivity contribution in [3.8, 4) is 0 Å². The summed E-state index contributed by atoms with van der Waals surface area (Å²) in [6, 6.07) is 9.61. The fourth-order valence-corrected chi connectivity index (χ4v) is 2.89. The van der Waals surface area contributed by atoms with E-state index in [-0.39, 0.29) is 5.91 Å². The van der Waals surface area contributed by atoms with E-state index < -0.39 is 0 Å². The number of nitrogens with zero attached hydrogens (tertiary/aromatic N) is 5. The third kappa shape index (κ3) is 4.70. The van der Waals surface area contributed by atoms with E-state index in [1.165, 1.54) is 0 Å². The number of pyridine rings is 2. The summed E-state index contributed by atoms with van der Waals surface area (Å²) in [5, 5.41) is 3.30. The number of anilines is 2. The Morgan fingerprint density at radius 1 is 1.12 bits per heavy atom. The largest absolute Gasteiger partial charge is 0.383 e. The standard InChI is InChI=1S/C19H26N6O/c1-23(2)10-9-20-16-6-7-17(22-15-16)19(26)25-13-11-24(12-14-25)18-5-3-4-8-21-18/h3-8,15,20H,9-14H2,1-2H3. The van der Waals surface area contributed by atoms with Gasteiger partial charge in [-0.05, 0) is 38.4 Å². The van der Waals surface area contributed by atoms with Crippen LogP contribution in [0.15, 0.2) is 42.7 Å². The molecule has 7 heteroatoms. The van der Waals surface area contributed by atoms with Gasteiger partial charge >= 0.3 is 0 Å². The van der Waals surface area contributed by atoms with Crippen molar-refractivity contribution >= 4 is 17.4 Å². The van der Waals surface area contributed by atoms with Crippen LogP contribution in [-0.2, 0) is 0 Å². The number of hydrogen-bond acceptors (Lipinski definition) is 6. The van der Waals surface area contributed by atoms with Crippen molar-refractivity contribution in [1.82, 2.24) is 19.8 Å². The van der Waals surface area contributed by atoms with Crippen molar-refractivity contribution in [2.24, 2.45) is 0 Å². The average Bonchev–Trinajstić information content (AvgIpc) is 2.68. The fourth-order valence-electron chi connectivity index (χ4n) is 2.89. The molecular weight excluding hydrogens is 328 g/mol. The number of amides is 1. The van der Waals surface area contributed by atoms with Gasteiger partial charge in [-0.25, -0.2) is 9.97 Å². The second kappa shape index (κ2) is 8.62. The molecule has 0 bridgehead atoms. The van der Waals surface area contributed by atoms with Crippen LogP contribution in [0.5, 0.6) is 0 Å². The van der Waals surface area contributed by atoms with Crippen LogP contribution in [0, 0.1) is 0 Å². The Morgan fingerprint density at radius 3 is 2.54 bits per heavy atom. The van der Waals surface area contributed by atoms with E-state index in [9.17, 15) is 4.79 Å². The predicted octanol–water partition coefficient (Wildman–Crippen LogP) is 1.41. The van der Waals surface area contributed by atoms with Gasteiger partial charge in [0.1, 0.15) is 11.5 Å². The minimum absolute atomic E-state index is 0.00878. The summed E-state index contributed by atoms with van der Waals surface area (Å²) in [7, 11) is 4.07. The molecule has 0 unspecified atom stereocenters. The molecule has 0 aliphatic carbocycles. The summed E-state index contributed by atoms with van der Waals surface area (Å²) in [6.07, 6.45) is 3.53. The summed E-state index contributed by atoms with van der Waals surface area (Å²) in [6.45, 7) is 4.72. The number of likely N-dealkylation sites (N-methyl/N-ethyl adjacent to an activating group) is 1. The quantitative estimate of drug-likeness (QED) is 0.846. The predicted molar refractivity (Wildman–Crippen MR) is 104 cm³/mol. The van der Waals surface area contributed by atoms with E-state index >= 15 is 0 Å².